The van der Waals surface area contributed by atoms with E-state index in [0.717, 1.165) is 44.9 Å². The Bertz CT molecular complexity index is 1940. The number of amides is 2. The third kappa shape index (κ3) is 5.36. The van der Waals surface area contributed by atoms with E-state index in [-0.39, 0.29) is 12.3 Å². The number of carbonyl (C=O) groups excluding carboxylic acids is 2. The van der Waals surface area contributed by atoms with Gasteiger partial charge in [-0.25, -0.2) is 14.4 Å². The van der Waals surface area contributed by atoms with Crippen molar-refractivity contribution < 1.29 is 19.1 Å². The number of nitrogens with zero attached hydrogens (tertiary/aromatic N) is 3. The first-order chi connectivity index (χ1) is 21.8. The summed E-state index contributed by atoms with van der Waals surface area (Å²) >= 11 is 12.7. The Morgan fingerprint density at radius 2 is 1.78 bits per heavy atom. The van der Waals surface area contributed by atoms with E-state index in [1.807, 2.05) is 96.5 Å². The molecule has 7 nitrogen and oxygen atoms in total. The van der Waals surface area contributed by atoms with Gasteiger partial charge in [0.25, 0.3) is 0 Å². The Morgan fingerprint density at radius 1 is 0.978 bits per heavy atom. The van der Waals surface area contributed by atoms with E-state index in [1.54, 1.807) is 19.2 Å². The highest BCUT2D eigenvalue weighted by Crippen LogP contribution is 2.44. The lowest BCUT2D eigenvalue weighted by Crippen LogP contribution is -2.38. The van der Waals surface area contributed by atoms with Gasteiger partial charge in [0.05, 0.1) is 40.1 Å². The number of fused-ring (bicyclic) bond motifs is 3. The van der Waals surface area contributed by atoms with Crippen LogP contribution in [0.15, 0.2) is 97.1 Å². The molecule has 226 valence electrons. The molecule has 45 heavy (non-hydrogen) atoms. The van der Waals surface area contributed by atoms with Crippen LogP contribution in [0.5, 0.6) is 5.75 Å². The molecule has 5 aromatic rings. The van der Waals surface area contributed by atoms with Gasteiger partial charge < -0.3 is 9.47 Å². The predicted molar refractivity (Wildman–Crippen MR) is 173 cm³/mol. The molecule has 0 spiro atoms. The summed E-state index contributed by atoms with van der Waals surface area (Å²) in [6, 6.07) is 30.2. The maximum Gasteiger partial charge on any atom is 0.417 e. The summed E-state index contributed by atoms with van der Waals surface area (Å²) in [5.74, 6) is -0.286. The maximum absolute atomic E-state index is 14.6. The molecule has 2 aliphatic rings. The first kappa shape index (κ1) is 29.1. The molecule has 0 N–H and O–H groups in total. The zero-order valence-electron chi connectivity index (χ0n) is 24.6. The normalized spacial score (nSPS) is 17.5. The maximum atomic E-state index is 14.6. The number of aromatic nitrogens is 2. The summed E-state index contributed by atoms with van der Waals surface area (Å²) in [7, 11) is 1.62. The van der Waals surface area contributed by atoms with Crippen LogP contribution in [0.4, 0.5) is 4.79 Å². The molecule has 0 saturated carbocycles. The number of halogens is 2. The monoisotopic (exact) mass is 637 g/mol. The lowest BCUT2D eigenvalue weighted by atomic mass is 9.90. The van der Waals surface area contributed by atoms with E-state index in [0.29, 0.717) is 22.2 Å². The lowest BCUT2D eigenvalue weighted by Gasteiger charge is -2.25. The van der Waals surface area contributed by atoms with Crippen LogP contribution in [-0.4, -0.2) is 39.9 Å². The standard InChI is InChI=1S/C36H29Cl2N3O4/c1-21-6-5-8-22(16-21)29(35(42)40-34-28-9-4-3-7-23(28)18-33(34)45-36(40)43)19-25-20-32(24-10-15-30(37)31(38)17-24)41(39-25)26-11-13-27(44-2)14-12-26/h3-17,20,29,33-34H,18-19H2,1-2H3/t29-,33+,34-/m0/s1. The van der Waals surface area contributed by atoms with Gasteiger partial charge in [-0.15, -0.1) is 0 Å². The lowest BCUT2D eigenvalue weighted by molar-refractivity contribution is -0.131. The predicted octanol–water partition coefficient (Wildman–Crippen LogP) is 8.13. The Hall–Kier alpha value is -4.59. The SMILES string of the molecule is COc1ccc(-n2nc(C[C@H](C(=O)N3C(=O)O[C@@H]4Cc5ccccc5[C@@H]43)c3cccc(C)c3)cc2-c2ccc(Cl)c(Cl)c2)cc1. The number of rotatable bonds is 7. The summed E-state index contributed by atoms with van der Waals surface area (Å²) in [6.45, 7) is 1.99. The second-order valence-electron chi connectivity index (χ2n) is 11.4. The van der Waals surface area contributed by atoms with Crippen molar-refractivity contribution in [3.63, 3.8) is 0 Å². The van der Waals surface area contributed by atoms with Gasteiger partial charge in [-0.05, 0) is 66.1 Å². The number of ether oxygens (including phenoxy) is 2. The molecule has 1 aliphatic heterocycles. The van der Waals surface area contributed by atoms with Crippen molar-refractivity contribution in [3.05, 3.63) is 135 Å². The summed E-state index contributed by atoms with van der Waals surface area (Å²) in [5, 5.41) is 5.87. The Balaban J connectivity index is 1.31. The largest absolute Gasteiger partial charge is 0.497 e. The van der Waals surface area contributed by atoms with Gasteiger partial charge in [0.2, 0.25) is 5.91 Å². The molecule has 4 aromatic carbocycles. The highest BCUT2D eigenvalue weighted by Gasteiger charge is 2.51. The number of carbonyl (C=O) groups is 2. The van der Waals surface area contributed by atoms with Crippen molar-refractivity contribution in [1.82, 2.24) is 14.7 Å². The first-order valence-electron chi connectivity index (χ1n) is 14.7. The minimum atomic E-state index is -0.690. The Labute approximate surface area is 270 Å². The molecule has 3 atom stereocenters. The van der Waals surface area contributed by atoms with Crippen LogP contribution in [0, 0.1) is 6.92 Å². The average molecular weight is 639 g/mol. The van der Waals surface area contributed by atoms with Gasteiger partial charge in [-0.1, -0.05) is 83.4 Å². The molecule has 0 unspecified atom stereocenters. The molecular weight excluding hydrogens is 609 g/mol. The molecule has 2 amide bonds. The molecule has 2 heterocycles. The van der Waals surface area contributed by atoms with Crippen molar-refractivity contribution in [1.29, 1.82) is 0 Å². The number of hydrogen-bond acceptors (Lipinski definition) is 5. The number of methoxy groups -OCH3 is 1. The van der Waals surface area contributed by atoms with Crippen LogP contribution in [0.25, 0.3) is 16.9 Å². The molecule has 9 heteroatoms. The Kier molecular flexibility index (Phi) is 7.59. The molecule has 7 rings (SSSR count). The van der Waals surface area contributed by atoms with Crippen molar-refractivity contribution in [3.8, 4) is 22.7 Å². The number of hydrogen-bond donors (Lipinski definition) is 0. The fourth-order valence-electron chi connectivity index (χ4n) is 6.40. The minimum Gasteiger partial charge on any atom is -0.497 e. The quantitative estimate of drug-likeness (QED) is 0.180. The van der Waals surface area contributed by atoms with Crippen molar-refractivity contribution in [2.24, 2.45) is 0 Å². The van der Waals surface area contributed by atoms with Crippen molar-refractivity contribution in [2.45, 2.75) is 37.8 Å². The molecular formula is C36H29Cl2N3O4. The van der Waals surface area contributed by atoms with Gasteiger partial charge >= 0.3 is 6.09 Å². The van der Waals surface area contributed by atoms with E-state index in [9.17, 15) is 9.59 Å². The van der Waals surface area contributed by atoms with Gasteiger partial charge in [0.15, 0.2) is 0 Å². The zero-order chi connectivity index (χ0) is 31.2. The van der Waals surface area contributed by atoms with Crippen molar-refractivity contribution >= 4 is 35.2 Å². The highest BCUT2D eigenvalue weighted by molar-refractivity contribution is 6.42. The first-order valence-corrected chi connectivity index (χ1v) is 15.4. The third-order valence-corrected chi connectivity index (χ3v) is 9.30. The van der Waals surface area contributed by atoms with E-state index < -0.39 is 24.2 Å². The summed E-state index contributed by atoms with van der Waals surface area (Å²) in [5.41, 5.74) is 6.92. The van der Waals surface area contributed by atoms with Gasteiger partial charge in [0.1, 0.15) is 17.9 Å². The van der Waals surface area contributed by atoms with Crippen LogP contribution in [-0.2, 0) is 22.4 Å². The number of aryl methyl sites for hydroxylation is 1. The molecule has 1 saturated heterocycles. The summed E-state index contributed by atoms with van der Waals surface area (Å²) in [4.78, 5) is 29.1. The van der Waals surface area contributed by atoms with Crippen molar-refractivity contribution in [2.75, 3.05) is 7.11 Å². The van der Waals surface area contributed by atoms with Crippen LogP contribution in [0.3, 0.4) is 0 Å². The third-order valence-electron chi connectivity index (χ3n) is 8.56. The van der Waals surface area contributed by atoms with Gasteiger partial charge in [-0.2, -0.15) is 5.10 Å². The summed E-state index contributed by atoms with van der Waals surface area (Å²) < 4.78 is 12.9. The van der Waals surface area contributed by atoms with E-state index in [1.165, 1.54) is 4.90 Å². The fraction of sp³-hybridized carbons (Fsp3) is 0.194. The fourth-order valence-corrected chi connectivity index (χ4v) is 6.70. The topological polar surface area (TPSA) is 73.7 Å². The summed E-state index contributed by atoms with van der Waals surface area (Å²) in [6.07, 6.45) is -0.164. The smallest absolute Gasteiger partial charge is 0.417 e. The second-order valence-corrected chi connectivity index (χ2v) is 12.2. The highest BCUT2D eigenvalue weighted by atomic mass is 35.5. The van der Waals surface area contributed by atoms with E-state index in [4.69, 9.17) is 37.8 Å². The Morgan fingerprint density at radius 3 is 2.53 bits per heavy atom. The van der Waals surface area contributed by atoms with Crippen LogP contribution >= 0.6 is 23.2 Å². The molecule has 1 aromatic heterocycles. The second kappa shape index (κ2) is 11.7. The van der Waals surface area contributed by atoms with E-state index in [2.05, 4.69) is 0 Å². The molecule has 1 aliphatic carbocycles. The minimum absolute atomic E-state index is 0.253. The zero-order valence-corrected chi connectivity index (χ0v) is 26.1. The van der Waals surface area contributed by atoms with Gasteiger partial charge in [-0.3, -0.25) is 4.79 Å². The van der Waals surface area contributed by atoms with Crippen LogP contribution in [0.2, 0.25) is 10.0 Å². The number of imide groups is 1. The average Bonchev–Trinajstić information content (AvgIpc) is 3.72. The molecule has 0 radical (unpaired) electrons. The molecule has 1 fully saturated rings. The van der Waals surface area contributed by atoms with Crippen LogP contribution in [0.1, 0.15) is 39.9 Å². The van der Waals surface area contributed by atoms with Gasteiger partial charge in [0, 0.05) is 18.4 Å². The molecule has 0 bridgehead atoms. The van der Waals surface area contributed by atoms with E-state index >= 15 is 0 Å². The van der Waals surface area contributed by atoms with Crippen LogP contribution < -0.4 is 4.74 Å². The number of benzene rings is 4.